The van der Waals surface area contributed by atoms with E-state index in [-0.39, 0.29) is 16.3 Å². The third-order valence-corrected chi connectivity index (χ3v) is 4.56. The van der Waals surface area contributed by atoms with Gasteiger partial charge in [-0.1, -0.05) is 59.6 Å². The number of hydrogen-bond acceptors (Lipinski definition) is 2. The number of hydrogen-bond donors (Lipinski definition) is 2. The smallest absolute Gasteiger partial charge is 0.337 e. The van der Waals surface area contributed by atoms with Gasteiger partial charge in [-0.25, -0.2) is 9.18 Å². The average molecular weight is 404 g/mol. The van der Waals surface area contributed by atoms with Crippen LogP contribution in [-0.4, -0.2) is 17.0 Å². The number of halogens is 3. The number of nitrogens with one attached hydrogen (secondary N) is 1. The van der Waals surface area contributed by atoms with E-state index >= 15 is 0 Å². The number of aromatic carboxylic acids is 1. The summed E-state index contributed by atoms with van der Waals surface area (Å²) in [6.07, 6.45) is 1.38. The molecule has 3 aromatic rings. The minimum Gasteiger partial charge on any atom is -0.478 e. The molecule has 3 aromatic carbocycles. The second-order valence-electron chi connectivity index (χ2n) is 5.63. The summed E-state index contributed by atoms with van der Waals surface area (Å²) in [5, 5.41) is 13.5. The molecule has 7 heteroatoms. The van der Waals surface area contributed by atoms with Gasteiger partial charge in [0.1, 0.15) is 10.8 Å². The van der Waals surface area contributed by atoms with E-state index in [4.69, 9.17) is 28.3 Å². The van der Waals surface area contributed by atoms with E-state index in [1.54, 1.807) is 6.07 Å². The summed E-state index contributed by atoms with van der Waals surface area (Å²) in [6.45, 7) is 0. The van der Waals surface area contributed by atoms with E-state index < -0.39 is 17.7 Å². The minimum atomic E-state index is -1.37. The Hall–Kier alpha value is -2.89. The Balaban J connectivity index is 1.90. The van der Waals surface area contributed by atoms with Gasteiger partial charge < -0.3 is 10.4 Å². The summed E-state index contributed by atoms with van der Waals surface area (Å²) in [5.41, 5.74) is 0.0923. The molecular weight excluding hydrogens is 392 g/mol. The van der Waals surface area contributed by atoms with Crippen LogP contribution in [0, 0.1) is 5.82 Å². The summed E-state index contributed by atoms with van der Waals surface area (Å²) in [4.78, 5) is 23.5. The molecule has 0 saturated heterocycles. The minimum absolute atomic E-state index is 0.0648. The first-order valence-electron chi connectivity index (χ1n) is 7.75. The van der Waals surface area contributed by atoms with Gasteiger partial charge in [-0.15, -0.1) is 0 Å². The number of carbonyl (C=O) groups is 2. The quantitative estimate of drug-likeness (QED) is 0.561. The highest BCUT2D eigenvalue weighted by atomic mass is 35.5. The molecule has 4 nitrogen and oxygen atoms in total. The molecule has 0 radical (unpaired) electrons. The van der Waals surface area contributed by atoms with Crippen LogP contribution >= 0.6 is 23.2 Å². The van der Waals surface area contributed by atoms with Crippen LogP contribution in [-0.2, 0) is 4.79 Å². The zero-order valence-corrected chi connectivity index (χ0v) is 15.2. The van der Waals surface area contributed by atoms with Crippen molar-refractivity contribution >= 4 is 57.6 Å². The number of carboxylic acids is 1. The summed E-state index contributed by atoms with van der Waals surface area (Å²) in [6, 6.07) is 14.1. The second-order valence-corrected chi connectivity index (χ2v) is 6.42. The van der Waals surface area contributed by atoms with Crippen LogP contribution in [0.5, 0.6) is 0 Å². The summed E-state index contributed by atoms with van der Waals surface area (Å²) in [7, 11) is 0. The number of carbonyl (C=O) groups excluding carboxylic acids is 1. The zero-order valence-electron chi connectivity index (χ0n) is 13.7. The monoisotopic (exact) mass is 403 g/mol. The standard InChI is InChI=1S/C20H12Cl2FNO3/c21-16(9-12-6-5-11-3-1-2-4-14(11)18(12)22)19(25)24-17-8-7-13(23)10-15(17)20(26)27/h1-10H,(H,24,25)(H,26,27). The molecule has 0 fully saturated rings. The number of rotatable bonds is 4. The molecule has 136 valence electrons. The third-order valence-electron chi connectivity index (χ3n) is 3.85. The molecule has 0 saturated carbocycles. The first kappa shape index (κ1) is 18.9. The van der Waals surface area contributed by atoms with Crippen molar-refractivity contribution in [2.24, 2.45) is 0 Å². The van der Waals surface area contributed by atoms with Crippen LogP contribution in [0.15, 0.2) is 59.6 Å². The van der Waals surface area contributed by atoms with Crippen molar-refractivity contribution in [3.63, 3.8) is 0 Å². The summed E-state index contributed by atoms with van der Waals surface area (Å²) < 4.78 is 13.2. The van der Waals surface area contributed by atoms with Crippen LogP contribution in [0.4, 0.5) is 10.1 Å². The van der Waals surface area contributed by atoms with Crippen molar-refractivity contribution in [3.05, 3.63) is 81.6 Å². The fraction of sp³-hybridized carbons (Fsp3) is 0. The Morgan fingerprint density at radius 1 is 1.07 bits per heavy atom. The Labute approximate surface area is 163 Å². The third kappa shape index (κ3) is 4.10. The van der Waals surface area contributed by atoms with Gasteiger partial charge in [0.25, 0.3) is 5.91 Å². The molecular formula is C20H12Cl2FNO3. The maximum Gasteiger partial charge on any atom is 0.337 e. The predicted octanol–water partition coefficient (Wildman–Crippen LogP) is 5.55. The van der Waals surface area contributed by atoms with E-state index in [9.17, 15) is 14.0 Å². The molecule has 0 heterocycles. The number of anilines is 1. The van der Waals surface area contributed by atoms with Crippen LogP contribution in [0.2, 0.25) is 5.02 Å². The largest absolute Gasteiger partial charge is 0.478 e. The highest BCUT2D eigenvalue weighted by Crippen LogP contribution is 2.29. The number of carboxylic acid groups (broad SMARTS) is 1. The molecule has 0 aliphatic rings. The lowest BCUT2D eigenvalue weighted by Gasteiger charge is -2.09. The molecule has 0 atom stereocenters. The summed E-state index contributed by atoms with van der Waals surface area (Å²) >= 11 is 12.5. The highest BCUT2D eigenvalue weighted by Gasteiger charge is 2.16. The Morgan fingerprint density at radius 2 is 1.81 bits per heavy atom. The van der Waals surface area contributed by atoms with E-state index in [2.05, 4.69) is 5.32 Å². The molecule has 0 unspecified atom stereocenters. The fourth-order valence-corrected chi connectivity index (χ4v) is 3.00. The topological polar surface area (TPSA) is 66.4 Å². The van der Waals surface area contributed by atoms with Crippen molar-refractivity contribution in [3.8, 4) is 0 Å². The van der Waals surface area contributed by atoms with Gasteiger partial charge in [-0.05, 0) is 35.2 Å². The Bertz CT molecular complexity index is 1100. The van der Waals surface area contributed by atoms with E-state index in [1.165, 1.54) is 6.08 Å². The molecule has 0 aliphatic heterocycles. The lowest BCUT2D eigenvalue weighted by molar-refractivity contribution is -0.112. The van der Waals surface area contributed by atoms with Crippen molar-refractivity contribution in [1.29, 1.82) is 0 Å². The van der Waals surface area contributed by atoms with Gasteiger partial charge >= 0.3 is 5.97 Å². The van der Waals surface area contributed by atoms with Gasteiger partial charge in [-0.2, -0.15) is 0 Å². The zero-order chi connectivity index (χ0) is 19.6. The Morgan fingerprint density at radius 3 is 2.56 bits per heavy atom. The van der Waals surface area contributed by atoms with E-state index in [0.717, 1.165) is 29.0 Å². The highest BCUT2D eigenvalue weighted by molar-refractivity contribution is 6.46. The van der Waals surface area contributed by atoms with Gasteiger partial charge in [-0.3, -0.25) is 4.79 Å². The van der Waals surface area contributed by atoms with Crippen molar-refractivity contribution in [2.45, 2.75) is 0 Å². The van der Waals surface area contributed by atoms with Crippen LogP contribution in [0.1, 0.15) is 15.9 Å². The van der Waals surface area contributed by atoms with Gasteiger partial charge in [0.2, 0.25) is 0 Å². The molecule has 0 bridgehead atoms. The molecule has 0 spiro atoms. The van der Waals surface area contributed by atoms with E-state index in [1.807, 2.05) is 30.3 Å². The van der Waals surface area contributed by atoms with Crippen molar-refractivity contribution < 1.29 is 19.1 Å². The first-order chi connectivity index (χ1) is 12.9. The first-order valence-corrected chi connectivity index (χ1v) is 8.51. The molecule has 0 aliphatic carbocycles. The summed E-state index contributed by atoms with van der Waals surface area (Å²) in [5.74, 6) is -2.84. The van der Waals surface area contributed by atoms with Gasteiger partial charge in [0, 0.05) is 5.39 Å². The fourth-order valence-electron chi connectivity index (χ4n) is 2.55. The lowest BCUT2D eigenvalue weighted by atomic mass is 10.1. The maximum absolute atomic E-state index is 13.2. The van der Waals surface area contributed by atoms with Crippen molar-refractivity contribution in [1.82, 2.24) is 0 Å². The number of fused-ring (bicyclic) bond motifs is 1. The molecule has 27 heavy (non-hydrogen) atoms. The lowest BCUT2D eigenvalue weighted by Crippen LogP contribution is -2.14. The Kier molecular flexibility index (Phi) is 5.44. The number of amides is 1. The molecule has 3 rings (SSSR count). The second kappa shape index (κ2) is 7.78. The van der Waals surface area contributed by atoms with Crippen LogP contribution in [0.25, 0.3) is 16.8 Å². The number of benzene rings is 3. The SMILES string of the molecule is O=C(Nc1ccc(F)cc1C(=O)O)C(Cl)=Cc1ccc2ccccc2c1Cl. The average Bonchev–Trinajstić information content (AvgIpc) is 2.65. The molecule has 2 N–H and O–H groups in total. The van der Waals surface area contributed by atoms with Crippen LogP contribution < -0.4 is 5.32 Å². The van der Waals surface area contributed by atoms with Gasteiger partial charge in [0.05, 0.1) is 16.3 Å². The molecule has 0 aromatic heterocycles. The van der Waals surface area contributed by atoms with Crippen LogP contribution in [0.3, 0.4) is 0 Å². The molecule has 1 amide bonds. The van der Waals surface area contributed by atoms with E-state index in [0.29, 0.717) is 10.6 Å². The maximum atomic E-state index is 13.2. The predicted molar refractivity (Wildman–Crippen MR) is 105 cm³/mol. The van der Waals surface area contributed by atoms with Gasteiger partial charge in [0.15, 0.2) is 0 Å². The van der Waals surface area contributed by atoms with Crippen molar-refractivity contribution in [2.75, 3.05) is 5.32 Å². The normalized spacial score (nSPS) is 11.4.